The molecule has 2 aliphatic rings. The fraction of sp³-hybridized carbons (Fsp3) is 0.533. The van der Waals surface area contributed by atoms with Crippen LogP contribution in [0.25, 0.3) is 22.3 Å². The van der Waals surface area contributed by atoms with Crippen molar-refractivity contribution in [3.8, 4) is 22.8 Å². The van der Waals surface area contributed by atoms with Gasteiger partial charge in [0.1, 0.15) is 35.8 Å². The summed E-state index contributed by atoms with van der Waals surface area (Å²) in [6, 6.07) is 6.41. The summed E-state index contributed by atoms with van der Waals surface area (Å²) in [7, 11) is 0.316. The smallest absolute Gasteiger partial charge is 0.407 e. The standard InChI is InChI=1S/C30H41N5O6Si/c1-19-25(29(36)33-21-10-11-34(15-21)30(37)38)27-28(35(19)18-40-12-13-42(3,4)5)26(31-17-32-27)23-14-22(39-2)8-9-24(23)41-16-20-6-7-20/h8-9,14,17,20-21H,6-7,10-13,15-16,18H2,1-5H3,(H,33,36)(H,37,38)/t21-/m1/s1. The van der Waals surface area contributed by atoms with E-state index in [1.165, 1.54) is 24.1 Å². The van der Waals surface area contributed by atoms with Crippen LogP contribution in [0.15, 0.2) is 24.5 Å². The third-order valence-corrected chi connectivity index (χ3v) is 9.65. The number of methoxy groups -OCH3 is 1. The second-order valence-electron chi connectivity index (χ2n) is 12.5. The third kappa shape index (κ3) is 6.70. The van der Waals surface area contributed by atoms with E-state index in [4.69, 9.17) is 19.2 Å². The van der Waals surface area contributed by atoms with Crippen LogP contribution in [0.3, 0.4) is 0 Å². The number of benzene rings is 1. The maximum atomic E-state index is 13.8. The SMILES string of the molecule is COc1ccc(OCC2CC2)c(-c2ncnc3c(C(=O)N[C@@H]4CCN(C(=O)O)C4)c(C)n(COCC[Si](C)(C)C)c23)c1. The zero-order valence-electron chi connectivity index (χ0n) is 25.1. The summed E-state index contributed by atoms with van der Waals surface area (Å²) >= 11 is 0. The number of amides is 2. The minimum absolute atomic E-state index is 0.235. The topological polar surface area (TPSA) is 128 Å². The Morgan fingerprint density at radius 2 is 1.95 bits per heavy atom. The van der Waals surface area contributed by atoms with Gasteiger partial charge in [-0.05, 0) is 56.3 Å². The van der Waals surface area contributed by atoms with E-state index in [1.54, 1.807) is 7.11 Å². The van der Waals surface area contributed by atoms with Crippen molar-refractivity contribution in [2.75, 3.05) is 33.4 Å². The highest BCUT2D eigenvalue weighted by Crippen LogP contribution is 2.39. The fourth-order valence-electron chi connectivity index (χ4n) is 5.20. The van der Waals surface area contributed by atoms with E-state index in [1.807, 2.05) is 29.7 Å². The van der Waals surface area contributed by atoms with Crippen molar-refractivity contribution in [2.24, 2.45) is 5.92 Å². The number of carboxylic acid groups (broad SMARTS) is 1. The summed E-state index contributed by atoms with van der Waals surface area (Å²) in [6.07, 6.45) is 3.38. The van der Waals surface area contributed by atoms with Gasteiger partial charge in [0, 0.05) is 45.1 Å². The van der Waals surface area contributed by atoms with Crippen molar-refractivity contribution in [1.82, 2.24) is 24.8 Å². The van der Waals surface area contributed by atoms with Gasteiger partial charge in [-0.25, -0.2) is 14.8 Å². The van der Waals surface area contributed by atoms with Crippen LogP contribution >= 0.6 is 0 Å². The molecule has 226 valence electrons. The predicted molar refractivity (Wildman–Crippen MR) is 162 cm³/mol. The molecule has 1 aliphatic heterocycles. The molecule has 2 aromatic heterocycles. The second-order valence-corrected chi connectivity index (χ2v) is 18.1. The minimum atomic E-state index is -1.30. The number of ether oxygens (including phenoxy) is 3. The van der Waals surface area contributed by atoms with Gasteiger partial charge in [-0.15, -0.1) is 0 Å². The number of aromatic nitrogens is 3. The van der Waals surface area contributed by atoms with Crippen LogP contribution in [-0.2, 0) is 11.5 Å². The van der Waals surface area contributed by atoms with Gasteiger partial charge in [0.2, 0.25) is 0 Å². The van der Waals surface area contributed by atoms with Crippen molar-refractivity contribution in [2.45, 2.75) is 64.6 Å². The van der Waals surface area contributed by atoms with E-state index >= 15 is 0 Å². The number of carbonyl (C=O) groups is 2. The monoisotopic (exact) mass is 595 g/mol. The second kappa shape index (κ2) is 12.3. The molecule has 0 spiro atoms. The number of carbonyl (C=O) groups excluding carboxylic acids is 1. The molecule has 1 aromatic carbocycles. The first kappa shape index (κ1) is 29.8. The fourth-order valence-corrected chi connectivity index (χ4v) is 5.96. The van der Waals surface area contributed by atoms with Crippen LogP contribution in [0.2, 0.25) is 25.7 Å². The van der Waals surface area contributed by atoms with E-state index in [9.17, 15) is 14.7 Å². The van der Waals surface area contributed by atoms with Gasteiger partial charge in [0.15, 0.2) is 0 Å². The van der Waals surface area contributed by atoms with Crippen LogP contribution in [-0.4, -0.2) is 84.1 Å². The normalized spacial score (nSPS) is 17.1. The summed E-state index contributed by atoms with van der Waals surface area (Å²) in [4.78, 5) is 35.8. The number of hydrogen-bond acceptors (Lipinski definition) is 7. The van der Waals surface area contributed by atoms with E-state index in [-0.39, 0.29) is 25.2 Å². The molecule has 2 fully saturated rings. The molecule has 0 radical (unpaired) electrons. The van der Waals surface area contributed by atoms with Crippen molar-refractivity contribution in [3.63, 3.8) is 0 Å². The zero-order chi connectivity index (χ0) is 30.0. The first-order valence-corrected chi connectivity index (χ1v) is 18.3. The first-order chi connectivity index (χ1) is 20.1. The molecular weight excluding hydrogens is 554 g/mol. The summed E-state index contributed by atoms with van der Waals surface area (Å²) in [5.41, 5.74) is 3.69. The van der Waals surface area contributed by atoms with Gasteiger partial charge in [-0.1, -0.05) is 19.6 Å². The van der Waals surface area contributed by atoms with Crippen LogP contribution in [0.4, 0.5) is 4.79 Å². The van der Waals surface area contributed by atoms with Crippen LogP contribution < -0.4 is 14.8 Å². The van der Waals surface area contributed by atoms with Crippen molar-refractivity contribution < 1.29 is 28.9 Å². The van der Waals surface area contributed by atoms with E-state index in [0.29, 0.717) is 71.6 Å². The average molecular weight is 596 g/mol. The molecule has 1 saturated carbocycles. The largest absolute Gasteiger partial charge is 0.497 e. The summed E-state index contributed by atoms with van der Waals surface area (Å²) < 4.78 is 20.0. The Morgan fingerprint density at radius 3 is 2.62 bits per heavy atom. The number of fused-ring (bicyclic) bond motifs is 1. The van der Waals surface area contributed by atoms with Gasteiger partial charge in [0.25, 0.3) is 5.91 Å². The molecule has 42 heavy (non-hydrogen) atoms. The van der Waals surface area contributed by atoms with Gasteiger partial charge in [-0.2, -0.15) is 0 Å². The van der Waals surface area contributed by atoms with Crippen molar-refractivity contribution >= 4 is 31.1 Å². The van der Waals surface area contributed by atoms with Gasteiger partial charge in [-0.3, -0.25) is 4.79 Å². The van der Waals surface area contributed by atoms with Crippen LogP contribution in [0.5, 0.6) is 11.5 Å². The molecule has 2 amide bonds. The molecule has 1 aliphatic carbocycles. The number of nitrogens with zero attached hydrogens (tertiary/aromatic N) is 4. The Kier molecular flexibility index (Phi) is 8.74. The minimum Gasteiger partial charge on any atom is -0.497 e. The van der Waals surface area contributed by atoms with Gasteiger partial charge in [0.05, 0.1) is 24.8 Å². The molecule has 5 rings (SSSR count). The Labute approximate surface area is 247 Å². The molecule has 3 aromatic rings. The zero-order valence-corrected chi connectivity index (χ0v) is 26.1. The first-order valence-electron chi connectivity index (χ1n) is 14.6. The quantitative estimate of drug-likeness (QED) is 0.221. The van der Waals surface area contributed by atoms with Crippen LogP contribution in [0, 0.1) is 12.8 Å². The van der Waals surface area contributed by atoms with Crippen LogP contribution in [0.1, 0.15) is 35.3 Å². The highest BCUT2D eigenvalue weighted by Gasteiger charge is 2.31. The molecule has 11 nitrogen and oxygen atoms in total. The Bertz CT molecular complexity index is 1460. The van der Waals surface area contributed by atoms with Crippen molar-refractivity contribution in [1.29, 1.82) is 0 Å². The van der Waals surface area contributed by atoms with E-state index in [0.717, 1.165) is 11.6 Å². The molecule has 2 N–H and O–H groups in total. The summed E-state index contributed by atoms with van der Waals surface area (Å²) in [6.45, 7) is 10.9. The predicted octanol–water partition coefficient (Wildman–Crippen LogP) is 5.00. The lowest BCUT2D eigenvalue weighted by Gasteiger charge is -2.17. The summed E-state index contributed by atoms with van der Waals surface area (Å²) in [5, 5.41) is 12.4. The number of likely N-dealkylation sites (tertiary alicyclic amines) is 1. The maximum Gasteiger partial charge on any atom is 0.407 e. The summed E-state index contributed by atoms with van der Waals surface area (Å²) in [5.74, 6) is 1.63. The Morgan fingerprint density at radius 1 is 1.17 bits per heavy atom. The lowest BCUT2D eigenvalue weighted by molar-refractivity contribution is 0.0880. The number of nitrogens with one attached hydrogen (secondary N) is 1. The average Bonchev–Trinajstić information content (AvgIpc) is 3.58. The number of rotatable bonds is 12. The molecule has 12 heteroatoms. The highest BCUT2D eigenvalue weighted by molar-refractivity contribution is 6.76. The lowest BCUT2D eigenvalue weighted by Crippen LogP contribution is -2.38. The molecule has 0 bridgehead atoms. The lowest BCUT2D eigenvalue weighted by atomic mass is 10.1. The molecule has 1 saturated heterocycles. The third-order valence-electron chi connectivity index (χ3n) is 7.95. The molecule has 1 atom stereocenters. The number of hydrogen-bond donors (Lipinski definition) is 2. The molecular formula is C30H41N5O6Si. The molecule has 3 heterocycles. The van der Waals surface area contributed by atoms with E-state index < -0.39 is 14.2 Å². The maximum absolute atomic E-state index is 13.8. The van der Waals surface area contributed by atoms with Crippen molar-refractivity contribution in [3.05, 3.63) is 35.8 Å². The van der Waals surface area contributed by atoms with E-state index in [2.05, 4.69) is 29.9 Å². The van der Waals surface area contributed by atoms with Gasteiger partial charge < -0.3 is 34.1 Å². The van der Waals surface area contributed by atoms with Gasteiger partial charge >= 0.3 is 6.09 Å². The highest BCUT2D eigenvalue weighted by atomic mass is 28.3. The Hall–Kier alpha value is -3.64. The molecule has 0 unspecified atom stereocenters. The Balaban J connectivity index is 1.56.